The predicted molar refractivity (Wildman–Crippen MR) is 56.3 cm³/mol. The van der Waals surface area contributed by atoms with Gasteiger partial charge in [0.1, 0.15) is 5.75 Å². The maximum absolute atomic E-state index is 11.0. The Kier molecular flexibility index (Phi) is 3.66. The maximum atomic E-state index is 11.0. The summed E-state index contributed by atoms with van der Waals surface area (Å²) >= 11 is 0. The smallest absolute Gasteiger partial charge is 0.354 e. The fourth-order valence-corrected chi connectivity index (χ4v) is 1.46. The first kappa shape index (κ1) is 11.5. The van der Waals surface area contributed by atoms with E-state index in [-0.39, 0.29) is 5.69 Å². The van der Waals surface area contributed by atoms with Crippen LogP contribution in [0.25, 0.3) is 0 Å². The average molecular weight is 209 g/mol. The van der Waals surface area contributed by atoms with Gasteiger partial charge >= 0.3 is 5.97 Å². The molecule has 0 saturated carbocycles. The second kappa shape index (κ2) is 4.77. The Labute approximate surface area is 88.9 Å². The summed E-state index contributed by atoms with van der Waals surface area (Å²) in [7, 11) is 1.53. The van der Waals surface area contributed by atoms with Crippen molar-refractivity contribution in [1.29, 1.82) is 0 Å². The summed E-state index contributed by atoms with van der Waals surface area (Å²) in [6, 6.07) is 1.68. The van der Waals surface area contributed by atoms with Crippen LogP contribution in [0, 0.1) is 5.92 Å². The van der Waals surface area contributed by atoms with Crippen molar-refractivity contribution in [3.63, 3.8) is 0 Å². The van der Waals surface area contributed by atoms with Gasteiger partial charge in [-0.1, -0.05) is 13.8 Å². The van der Waals surface area contributed by atoms with Gasteiger partial charge < -0.3 is 9.84 Å². The van der Waals surface area contributed by atoms with Crippen molar-refractivity contribution >= 4 is 5.97 Å². The van der Waals surface area contributed by atoms with E-state index in [0.717, 1.165) is 0 Å². The molecule has 0 radical (unpaired) electrons. The number of carbonyl (C=O) groups is 1. The van der Waals surface area contributed by atoms with Crippen LogP contribution in [-0.2, 0) is 6.42 Å². The van der Waals surface area contributed by atoms with Crippen molar-refractivity contribution in [2.75, 3.05) is 7.11 Å². The molecule has 82 valence electrons. The molecule has 0 aliphatic heterocycles. The number of ether oxygens (including phenoxy) is 1. The summed E-state index contributed by atoms with van der Waals surface area (Å²) in [5, 5.41) is 8.98. The highest BCUT2D eigenvalue weighted by Gasteiger charge is 2.16. The van der Waals surface area contributed by atoms with E-state index in [1.165, 1.54) is 13.3 Å². The summed E-state index contributed by atoms with van der Waals surface area (Å²) in [5.74, 6) is -0.0538. The summed E-state index contributed by atoms with van der Waals surface area (Å²) in [6.45, 7) is 4.05. The minimum atomic E-state index is -1.01. The van der Waals surface area contributed by atoms with Crippen molar-refractivity contribution in [3.05, 3.63) is 23.5 Å². The highest BCUT2D eigenvalue weighted by molar-refractivity contribution is 5.87. The molecule has 1 aromatic rings. The van der Waals surface area contributed by atoms with Crippen LogP contribution < -0.4 is 4.74 Å². The molecule has 0 aromatic carbocycles. The zero-order chi connectivity index (χ0) is 11.4. The summed E-state index contributed by atoms with van der Waals surface area (Å²) in [4.78, 5) is 14.8. The number of nitrogens with zero attached hydrogens (tertiary/aromatic N) is 1. The monoisotopic (exact) mass is 209 g/mol. The molecule has 0 saturated heterocycles. The first-order chi connectivity index (χ1) is 7.06. The van der Waals surface area contributed by atoms with Gasteiger partial charge in [-0.15, -0.1) is 0 Å². The highest BCUT2D eigenvalue weighted by atomic mass is 16.5. The van der Waals surface area contributed by atoms with E-state index in [1.54, 1.807) is 6.07 Å². The van der Waals surface area contributed by atoms with E-state index < -0.39 is 5.97 Å². The molecular formula is C11H15NO3. The van der Waals surface area contributed by atoms with Gasteiger partial charge in [-0.05, 0) is 18.4 Å². The first-order valence-corrected chi connectivity index (χ1v) is 4.81. The predicted octanol–water partition coefficient (Wildman–Crippen LogP) is 1.99. The Morgan fingerprint density at radius 3 is 2.73 bits per heavy atom. The zero-order valence-corrected chi connectivity index (χ0v) is 9.15. The van der Waals surface area contributed by atoms with Crippen molar-refractivity contribution in [2.45, 2.75) is 20.3 Å². The number of aromatic carboxylic acids is 1. The molecule has 0 fully saturated rings. The molecule has 0 amide bonds. The molecule has 15 heavy (non-hydrogen) atoms. The Bertz CT molecular complexity index is 361. The Balaban J connectivity index is 3.20. The van der Waals surface area contributed by atoms with Crippen molar-refractivity contribution in [1.82, 2.24) is 4.98 Å². The van der Waals surface area contributed by atoms with E-state index in [9.17, 15) is 4.79 Å². The lowest BCUT2D eigenvalue weighted by Gasteiger charge is -2.12. The van der Waals surface area contributed by atoms with E-state index in [4.69, 9.17) is 9.84 Å². The van der Waals surface area contributed by atoms with Crippen LogP contribution in [0.2, 0.25) is 0 Å². The largest absolute Gasteiger partial charge is 0.496 e. The number of methoxy groups -OCH3 is 1. The van der Waals surface area contributed by atoms with Crippen LogP contribution >= 0.6 is 0 Å². The lowest BCUT2D eigenvalue weighted by atomic mass is 10.0. The van der Waals surface area contributed by atoms with Gasteiger partial charge in [-0.3, -0.25) is 0 Å². The number of carboxylic acid groups (broad SMARTS) is 1. The molecular weight excluding hydrogens is 194 g/mol. The normalized spacial score (nSPS) is 10.4. The minimum Gasteiger partial charge on any atom is -0.496 e. The third-order valence-corrected chi connectivity index (χ3v) is 2.05. The summed E-state index contributed by atoms with van der Waals surface area (Å²) < 4.78 is 5.13. The van der Waals surface area contributed by atoms with Crippen molar-refractivity contribution < 1.29 is 14.6 Å². The van der Waals surface area contributed by atoms with Gasteiger partial charge in [-0.2, -0.15) is 0 Å². The number of pyridine rings is 1. The molecule has 0 atom stereocenters. The maximum Gasteiger partial charge on any atom is 0.354 e. The fourth-order valence-electron chi connectivity index (χ4n) is 1.46. The zero-order valence-electron chi connectivity index (χ0n) is 9.15. The topological polar surface area (TPSA) is 59.4 Å². The second-order valence-electron chi connectivity index (χ2n) is 3.74. The second-order valence-corrected chi connectivity index (χ2v) is 3.74. The average Bonchev–Trinajstić information content (AvgIpc) is 2.16. The van der Waals surface area contributed by atoms with Gasteiger partial charge in [0.2, 0.25) is 0 Å². The third kappa shape index (κ3) is 2.68. The quantitative estimate of drug-likeness (QED) is 0.823. The van der Waals surface area contributed by atoms with E-state index in [2.05, 4.69) is 4.98 Å². The molecule has 1 N–H and O–H groups in total. The Morgan fingerprint density at radius 1 is 1.60 bits per heavy atom. The lowest BCUT2D eigenvalue weighted by molar-refractivity contribution is 0.0688. The standard InChI is InChI=1S/C11H15NO3/c1-7(2)6-8-9(15-3)4-5-12-10(8)11(13)14/h4-5,7H,6H2,1-3H3,(H,13,14). The molecule has 0 aliphatic rings. The molecule has 0 spiro atoms. The van der Waals surface area contributed by atoms with Crippen LogP contribution in [0.5, 0.6) is 5.75 Å². The van der Waals surface area contributed by atoms with Crippen LogP contribution in [0.1, 0.15) is 29.9 Å². The van der Waals surface area contributed by atoms with Crippen LogP contribution in [-0.4, -0.2) is 23.2 Å². The Morgan fingerprint density at radius 2 is 2.27 bits per heavy atom. The van der Waals surface area contributed by atoms with Crippen LogP contribution in [0.15, 0.2) is 12.3 Å². The van der Waals surface area contributed by atoms with Crippen LogP contribution in [0.3, 0.4) is 0 Å². The molecule has 1 aromatic heterocycles. The van der Waals surface area contributed by atoms with Gasteiger partial charge in [0.25, 0.3) is 0 Å². The Hall–Kier alpha value is -1.58. The van der Waals surface area contributed by atoms with Gasteiger partial charge in [-0.25, -0.2) is 9.78 Å². The highest BCUT2D eigenvalue weighted by Crippen LogP contribution is 2.23. The van der Waals surface area contributed by atoms with Gasteiger partial charge in [0.05, 0.1) is 7.11 Å². The number of rotatable bonds is 4. The molecule has 4 heteroatoms. The first-order valence-electron chi connectivity index (χ1n) is 4.81. The van der Waals surface area contributed by atoms with Crippen LogP contribution in [0.4, 0.5) is 0 Å². The van der Waals surface area contributed by atoms with Gasteiger partial charge in [0, 0.05) is 11.8 Å². The van der Waals surface area contributed by atoms with E-state index in [1.807, 2.05) is 13.8 Å². The van der Waals surface area contributed by atoms with Crippen molar-refractivity contribution in [2.24, 2.45) is 5.92 Å². The number of hydrogen-bond donors (Lipinski definition) is 1. The SMILES string of the molecule is COc1ccnc(C(=O)O)c1CC(C)C. The summed E-state index contributed by atoms with van der Waals surface area (Å²) in [5.41, 5.74) is 0.755. The molecule has 4 nitrogen and oxygen atoms in total. The van der Waals surface area contributed by atoms with E-state index >= 15 is 0 Å². The van der Waals surface area contributed by atoms with Crippen molar-refractivity contribution in [3.8, 4) is 5.75 Å². The minimum absolute atomic E-state index is 0.0862. The van der Waals surface area contributed by atoms with E-state index in [0.29, 0.717) is 23.7 Å². The lowest BCUT2D eigenvalue weighted by Crippen LogP contribution is -2.09. The summed E-state index contributed by atoms with van der Waals surface area (Å²) in [6.07, 6.45) is 2.10. The number of hydrogen-bond acceptors (Lipinski definition) is 3. The van der Waals surface area contributed by atoms with Gasteiger partial charge in [0.15, 0.2) is 5.69 Å². The molecule has 0 unspecified atom stereocenters. The molecule has 0 aliphatic carbocycles. The fraction of sp³-hybridized carbons (Fsp3) is 0.455. The molecule has 1 rings (SSSR count). The molecule has 0 bridgehead atoms. The molecule has 1 heterocycles. The third-order valence-electron chi connectivity index (χ3n) is 2.05. The number of carboxylic acids is 1. The number of aromatic nitrogens is 1.